The van der Waals surface area contributed by atoms with Gasteiger partial charge in [0.15, 0.2) is 0 Å². The first-order valence-corrected chi connectivity index (χ1v) is 6.43. The van der Waals surface area contributed by atoms with Crippen molar-refractivity contribution in [2.45, 2.75) is 31.7 Å². The van der Waals surface area contributed by atoms with Crippen molar-refractivity contribution in [3.05, 3.63) is 29.8 Å². The molecule has 1 amide bonds. The summed E-state index contributed by atoms with van der Waals surface area (Å²) in [5.74, 6) is 0.0945. The molecule has 0 aliphatic carbocycles. The van der Waals surface area contributed by atoms with E-state index in [1.165, 1.54) is 12.1 Å². The molecule has 0 spiro atoms. The second kappa shape index (κ2) is 5.87. The molecule has 0 aromatic heterocycles. The number of rotatable bonds is 2. The smallest absolute Gasteiger partial charge is 0.254 e. The van der Waals surface area contributed by atoms with Crippen LogP contribution in [0.3, 0.4) is 0 Å². The highest BCUT2D eigenvalue weighted by atomic mass is 16.3. The van der Waals surface area contributed by atoms with Crippen molar-refractivity contribution in [2.24, 2.45) is 0 Å². The lowest BCUT2D eigenvalue weighted by atomic mass is 10.1. The van der Waals surface area contributed by atoms with Crippen LogP contribution in [-0.2, 0) is 0 Å². The van der Waals surface area contributed by atoms with Crippen LogP contribution in [0.25, 0.3) is 0 Å². The number of aliphatic hydroxyl groups is 1. The predicted molar refractivity (Wildman–Crippen MR) is 68.5 cm³/mol. The van der Waals surface area contributed by atoms with E-state index in [-0.39, 0.29) is 24.3 Å². The first kappa shape index (κ1) is 12.9. The van der Waals surface area contributed by atoms with Gasteiger partial charge >= 0.3 is 0 Å². The maximum absolute atomic E-state index is 12.4. The Morgan fingerprint density at radius 2 is 1.94 bits per heavy atom. The number of benzene rings is 1. The SMILES string of the molecule is O=C(c1ccc(O)cc1)N1CCCCCC1CO. The van der Waals surface area contributed by atoms with Gasteiger partial charge in [-0.1, -0.05) is 12.8 Å². The fourth-order valence-corrected chi connectivity index (χ4v) is 2.40. The van der Waals surface area contributed by atoms with Crippen LogP contribution in [-0.4, -0.2) is 40.2 Å². The van der Waals surface area contributed by atoms with E-state index >= 15 is 0 Å². The van der Waals surface area contributed by atoms with Crippen LogP contribution < -0.4 is 0 Å². The molecule has 1 aliphatic heterocycles. The average Bonchev–Trinajstić information content (AvgIpc) is 2.63. The lowest BCUT2D eigenvalue weighted by Gasteiger charge is -2.28. The van der Waals surface area contributed by atoms with Gasteiger partial charge in [-0.25, -0.2) is 0 Å². The molecule has 0 bridgehead atoms. The van der Waals surface area contributed by atoms with Gasteiger partial charge in [-0.05, 0) is 37.1 Å². The summed E-state index contributed by atoms with van der Waals surface area (Å²) >= 11 is 0. The zero-order valence-electron chi connectivity index (χ0n) is 10.4. The number of amides is 1. The normalized spacial score (nSPS) is 20.5. The van der Waals surface area contributed by atoms with Crippen molar-refractivity contribution in [3.8, 4) is 5.75 Å². The lowest BCUT2D eigenvalue weighted by molar-refractivity contribution is 0.0600. The standard InChI is InChI=1S/C14H19NO3/c16-10-12-4-2-1-3-9-15(12)14(18)11-5-7-13(17)8-6-11/h5-8,12,16-17H,1-4,9-10H2. The second-order valence-electron chi connectivity index (χ2n) is 4.73. The molecule has 0 radical (unpaired) electrons. The summed E-state index contributed by atoms with van der Waals surface area (Å²) in [5.41, 5.74) is 0.563. The average molecular weight is 249 g/mol. The van der Waals surface area contributed by atoms with E-state index in [0.29, 0.717) is 12.1 Å². The number of carbonyl (C=O) groups is 1. The predicted octanol–water partition coefficient (Wildman–Crippen LogP) is 1.77. The number of carbonyl (C=O) groups excluding carboxylic acids is 1. The van der Waals surface area contributed by atoms with Crippen molar-refractivity contribution in [1.29, 1.82) is 0 Å². The zero-order valence-corrected chi connectivity index (χ0v) is 10.4. The van der Waals surface area contributed by atoms with Gasteiger partial charge in [0.1, 0.15) is 5.75 Å². The van der Waals surface area contributed by atoms with E-state index < -0.39 is 0 Å². The lowest BCUT2D eigenvalue weighted by Crippen LogP contribution is -2.42. The Morgan fingerprint density at radius 1 is 1.22 bits per heavy atom. The summed E-state index contributed by atoms with van der Waals surface area (Å²) in [6.45, 7) is 0.717. The van der Waals surface area contributed by atoms with Crippen LogP contribution in [0, 0.1) is 0 Å². The molecule has 98 valence electrons. The maximum atomic E-state index is 12.4. The van der Waals surface area contributed by atoms with Gasteiger partial charge in [0.2, 0.25) is 0 Å². The van der Waals surface area contributed by atoms with Crippen LogP contribution in [0.2, 0.25) is 0 Å². The minimum Gasteiger partial charge on any atom is -0.508 e. The number of likely N-dealkylation sites (tertiary alicyclic amines) is 1. The second-order valence-corrected chi connectivity index (χ2v) is 4.73. The van der Waals surface area contributed by atoms with Gasteiger partial charge in [-0.2, -0.15) is 0 Å². The van der Waals surface area contributed by atoms with Crippen molar-refractivity contribution < 1.29 is 15.0 Å². The highest BCUT2D eigenvalue weighted by molar-refractivity contribution is 5.94. The van der Waals surface area contributed by atoms with Crippen LogP contribution in [0.1, 0.15) is 36.0 Å². The van der Waals surface area contributed by atoms with Gasteiger partial charge in [0, 0.05) is 12.1 Å². The molecule has 1 aromatic rings. The maximum Gasteiger partial charge on any atom is 0.254 e. The number of phenols is 1. The fraction of sp³-hybridized carbons (Fsp3) is 0.500. The molecule has 4 heteroatoms. The zero-order chi connectivity index (χ0) is 13.0. The third-order valence-electron chi connectivity index (χ3n) is 3.46. The Balaban J connectivity index is 2.17. The van der Waals surface area contributed by atoms with Gasteiger partial charge in [0.05, 0.1) is 12.6 Å². The molecule has 18 heavy (non-hydrogen) atoms. The Bertz CT molecular complexity index is 402. The number of aromatic hydroxyl groups is 1. The van der Waals surface area contributed by atoms with Crippen molar-refractivity contribution in [1.82, 2.24) is 4.90 Å². The quantitative estimate of drug-likeness (QED) is 0.839. The van der Waals surface area contributed by atoms with E-state index in [4.69, 9.17) is 0 Å². The highest BCUT2D eigenvalue weighted by Crippen LogP contribution is 2.20. The van der Waals surface area contributed by atoms with Crippen LogP contribution in [0.5, 0.6) is 5.75 Å². The molecule has 1 heterocycles. The summed E-state index contributed by atoms with van der Waals surface area (Å²) in [6.07, 6.45) is 4.01. The number of hydrogen-bond donors (Lipinski definition) is 2. The first-order valence-electron chi connectivity index (χ1n) is 6.43. The largest absolute Gasteiger partial charge is 0.508 e. The Labute approximate surface area is 107 Å². The molecular formula is C14H19NO3. The van der Waals surface area contributed by atoms with Crippen molar-refractivity contribution in [2.75, 3.05) is 13.2 Å². The van der Waals surface area contributed by atoms with Crippen LogP contribution in [0.4, 0.5) is 0 Å². The first-order chi connectivity index (χ1) is 8.72. The van der Waals surface area contributed by atoms with Gasteiger partial charge in [0.25, 0.3) is 5.91 Å². The Hall–Kier alpha value is -1.55. The third-order valence-corrected chi connectivity index (χ3v) is 3.46. The summed E-state index contributed by atoms with van der Waals surface area (Å²) < 4.78 is 0. The third kappa shape index (κ3) is 2.82. The highest BCUT2D eigenvalue weighted by Gasteiger charge is 2.25. The van der Waals surface area contributed by atoms with Gasteiger partial charge in [-0.15, -0.1) is 0 Å². The summed E-state index contributed by atoms with van der Waals surface area (Å²) in [5, 5.41) is 18.6. The number of aliphatic hydroxyl groups excluding tert-OH is 1. The molecule has 1 fully saturated rings. The molecule has 0 saturated carbocycles. The van der Waals surface area contributed by atoms with E-state index in [1.807, 2.05) is 0 Å². The van der Waals surface area contributed by atoms with Gasteiger partial charge < -0.3 is 15.1 Å². The monoisotopic (exact) mass is 249 g/mol. The summed E-state index contributed by atoms with van der Waals surface area (Å²) in [4.78, 5) is 14.1. The van der Waals surface area contributed by atoms with Gasteiger partial charge in [-0.3, -0.25) is 4.79 Å². The number of phenolic OH excluding ortho intramolecular Hbond substituents is 1. The van der Waals surface area contributed by atoms with Crippen molar-refractivity contribution in [3.63, 3.8) is 0 Å². The summed E-state index contributed by atoms with van der Waals surface area (Å²) in [7, 11) is 0. The molecule has 2 N–H and O–H groups in total. The Kier molecular flexibility index (Phi) is 4.20. The van der Waals surface area contributed by atoms with E-state index in [1.54, 1.807) is 17.0 Å². The topological polar surface area (TPSA) is 60.8 Å². The van der Waals surface area contributed by atoms with E-state index in [2.05, 4.69) is 0 Å². The van der Waals surface area contributed by atoms with E-state index in [9.17, 15) is 15.0 Å². The molecule has 2 rings (SSSR count). The molecule has 4 nitrogen and oxygen atoms in total. The van der Waals surface area contributed by atoms with Crippen LogP contribution >= 0.6 is 0 Å². The Morgan fingerprint density at radius 3 is 2.61 bits per heavy atom. The fourth-order valence-electron chi connectivity index (χ4n) is 2.40. The minimum absolute atomic E-state index is 0.0177. The molecule has 1 saturated heterocycles. The van der Waals surface area contributed by atoms with E-state index in [0.717, 1.165) is 25.7 Å². The van der Waals surface area contributed by atoms with Crippen LogP contribution in [0.15, 0.2) is 24.3 Å². The summed E-state index contributed by atoms with van der Waals surface area (Å²) in [6, 6.07) is 6.19. The molecule has 1 unspecified atom stereocenters. The van der Waals surface area contributed by atoms with Crippen molar-refractivity contribution >= 4 is 5.91 Å². The minimum atomic E-state index is -0.0752. The molecular weight excluding hydrogens is 230 g/mol. The number of nitrogens with zero attached hydrogens (tertiary/aromatic N) is 1. The number of hydrogen-bond acceptors (Lipinski definition) is 3. The molecule has 1 aliphatic rings. The molecule has 1 atom stereocenters. The molecule has 1 aromatic carbocycles.